The summed E-state index contributed by atoms with van der Waals surface area (Å²) in [5, 5.41) is 11.5. The lowest BCUT2D eigenvalue weighted by molar-refractivity contribution is -0.384. The zero-order valence-electron chi connectivity index (χ0n) is 18.0. The van der Waals surface area contributed by atoms with Crippen molar-refractivity contribution < 1.29 is 14.5 Å². The van der Waals surface area contributed by atoms with Crippen LogP contribution in [0.2, 0.25) is 0 Å². The van der Waals surface area contributed by atoms with Crippen LogP contribution in [0.1, 0.15) is 16.8 Å². The van der Waals surface area contributed by atoms with E-state index in [1.165, 1.54) is 29.5 Å². The fraction of sp³-hybridized carbons (Fsp3) is 0.125. The van der Waals surface area contributed by atoms with Gasteiger partial charge in [0, 0.05) is 24.4 Å². The molecule has 0 unspecified atom stereocenters. The van der Waals surface area contributed by atoms with Crippen LogP contribution in [0.4, 0.5) is 10.8 Å². The Morgan fingerprint density at radius 2 is 2.06 bits per heavy atom. The van der Waals surface area contributed by atoms with Crippen LogP contribution in [-0.2, 0) is 11.3 Å². The maximum atomic E-state index is 13.3. The minimum atomic E-state index is -0.469. The number of nitrogens with zero attached hydrogens (tertiary/aromatic N) is 4. The van der Waals surface area contributed by atoms with Crippen LogP contribution < -0.4 is 9.64 Å². The Bertz CT molecular complexity index is 1350. The first-order valence-corrected chi connectivity index (χ1v) is 10.9. The third kappa shape index (κ3) is 4.88. The molecule has 2 heterocycles. The number of carbonyl (C=O) groups is 1. The van der Waals surface area contributed by atoms with Crippen LogP contribution in [0.15, 0.2) is 66.9 Å². The number of amides is 1. The number of aryl methyl sites for hydroxylation is 1. The number of rotatable bonds is 7. The summed E-state index contributed by atoms with van der Waals surface area (Å²) in [6, 6.07) is 15.4. The van der Waals surface area contributed by atoms with Crippen LogP contribution in [0.3, 0.4) is 0 Å². The minimum absolute atomic E-state index is 0.0383. The highest BCUT2D eigenvalue weighted by Gasteiger charge is 2.21. The van der Waals surface area contributed by atoms with E-state index in [2.05, 4.69) is 4.98 Å². The number of nitro groups is 1. The van der Waals surface area contributed by atoms with E-state index in [4.69, 9.17) is 9.72 Å². The van der Waals surface area contributed by atoms with E-state index in [1.807, 2.05) is 37.3 Å². The highest BCUT2D eigenvalue weighted by Crippen LogP contribution is 2.37. The van der Waals surface area contributed by atoms with Gasteiger partial charge in [-0.1, -0.05) is 35.6 Å². The zero-order valence-corrected chi connectivity index (χ0v) is 18.8. The molecule has 4 aromatic rings. The summed E-state index contributed by atoms with van der Waals surface area (Å²) in [6.45, 7) is 2.21. The highest BCUT2D eigenvalue weighted by atomic mass is 32.1. The average Bonchev–Trinajstić information content (AvgIpc) is 3.28. The van der Waals surface area contributed by atoms with Gasteiger partial charge in [0.25, 0.3) is 11.6 Å². The van der Waals surface area contributed by atoms with Gasteiger partial charge in [0.1, 0.15) is 11.3 Å². The normalized spacial score (nSPS) is 11.1. The molecule has 0 bridgehead atoms. The second-order valence-corrected chi connectivity index (χ2v) is 8.17. The molecule has 8 nitrogen and oxygen atoms in total. The van der Waals surface area contributed by atoms with Crippen LogP contribution in [-0.4, -0.2) is 27.9 Å². The molecule has 1 amide bonds. The monoisotopic (exact) mass is 460 g/mol. The van der Waals surface area contributed by atoms with Crippen molar-refractivity contribution in [2.24, 2.45) is 0 Å². The zero-order chi connectivity index (χ0) is 23.4. The summed E-state index contributed by atoms with van der Waals surface area (Å²) in [7, 11) is 1.59. The van der Waals surface area contributed by atoms with Gasteiger partial charge in [-0.15, -0.1) is 0 Å². The lowest BCUT2D eigenvalue weighted by Crippen LogP contribution is -2.29. The number of methoxy groups -OCH3 is 1. The number of nitro benzene ring substituents is 1. The number of pyridine rings is 1. The van der Waals surface area contributed by atoms with Crippen molar-refractivity contribution >= 4 is 44.4 Å². The molecule has 2 aromatic heterocycles. The maximum Gasteiger partial charge on any atom is 0.270 e. The van der Waals surface area contributed by atoms with Crippen molar-refractivity contribution in [2.45, 2.75) is 13.5 Å². The van der Waals surface area contributed by atoms with Crippen LogP contribution >= 0.6 is 11.3 Å². The summed E-state index contributed by atoms with van der Waals surface area (Å²) >= 11 is 1.40. The molecule has 33 heavy (non-hydrogen) atoms. The Morgan fingerprint density at radius 1 is 1.21 bits per heavy atom. The molecule has 0 aliphatic heterocycles. The van der Waals surface area contributed by atoms with Gasteiger partial charge in [-0.05, 0) is 42.3 Å². The first kappa shape index (κ1) is 22.1. The van der Waals surface area contributed by atoms with E-state index in [9.17, 15) is 14.9 Å². The summed E-state index contributed by atoms with van der Waals surface area (Å²) in [6.07, 6.45) is 4.61. The molecular weight excluding hydrogens is 440 g/mol. The molecule has 0 radical (unpaired) electrons. The standard InChI is InChI=1S/C24H20N4O4S/c1-16-9-11-20(32-2)22-23(16)33-24(26-22)27(15-18-7-3-4-13-25-18)21(29)12-10-17-6-5-8-19(14-17)28(30)31/h3-14H,15H2,1-2H3/b12-10+. The van der Waals surface area contributed by atoms with E-state index in [0.717, 1.165) is 10.3 Å². The first-order chi connectivity index (χ1) is 16.0. The summed E-state index contributed by atoms with van der Waals surface area (Å²) in [5.74, 6) is 0.318. The van der Waals surface area contributed by atoms with E-state index in [-0.39, 0.29) is 18.1 Å². The van der Waals surface area contributed by atoms with Crippen LogP contribution in [0, 0.1) is 17.0 Å². The van der Waals surface area contributed by atoms with Crippen LogP contribution in [0.25, 0.3) is 16.3 Å². The number of ether oxygens (including phenoxy) is 1. The number of aromatic nitrogens is 2. The van der Waals surface area contributed by atoms with Crippen molar-refractivity contribution in [3.05, 3.63) is 93.8 Å². The van der Waals surface area contributed by atoms with Crippen molar-refractivity contribution in [3.63, 3.8) is 0 Å². The fourth-order valence-electron chi connectivity index (χ4n) is 3.27. The van der Waals surface area contributed by atoms with E-state index in [1.54, 1.807) is 36.4 Å². The average molecular weight is 461 g/mol. The number of carbonyl (C=O) groups excluding carboxylic acids is 1. The molecule has 9 heteroatoms. The van der Waals surface area contributed by atoms with Gasteiger partial charge in [-0.25, -0.2) is 4.98 Å². The molecule has 0 fully saturated rings. The molecule has 0 aliphatic carbocycles. The predicted octanol–water partition coefficient (Wildman–Crippen LogP) is 5.16. The molecule has 0 saturated heterocycles. The third-order valence-electron chi connectivity index (χ3n) is 4.95. The van der Waals surface area contributed by atoms with E-state index < -0.39 is 4.92 Å². The van der Waals surface area contributed by atoms with Gasteiger partial charge in [0.2, 0.25) is 0 Å². The Kier molecular flexibility index (Phi) is 6.41. The van der Waals surface area contributed by atoms with E-state index in [0.29, 0.717) is 27.7 Å². The lowest BCUT2D eigenvalue weighted by Gasteiger charge is -2.17. The Balaban J connectivity index is 1.72. The van der Waals surface area contributed by atoms with E-state index >= 15 is 0 Å². The van der Waals surface area contributed by atoms with Gasteiger partial charge >= 0.3 is 0 Å². The molecule has 0 spiro atoms. The predicted molar refractivity (Wildman–Crippen MR) is 128 cm³/mol. The van der Waals surface area contributed by atoms with Crippen molar-refractivity contribution in [3.8, 4) is 5.75 Å². The van der Waals surface area contributed by atoms with Gasteiger partial charge in [0.15, 0.2) is 5.13 Å². The Hall–Kier alpha value is -4.11. The topological polar surface area (TPSA) is 98.5 Å². The number of fused-ring (bicyclic) bond motifs is 1. The SMILES string of the molecule is COc1ccc(C)c2sc(N(Cc3ccccn3)C(=O)/C=C/c3cccc([N+](=O)[O-])c3)nc12. The van der Waals surface area contributed by atoms with Gasteiger partial charge in [-0.3, -0.25) is 24.8 Å². The second kappa shape index (κ2) is 9.58. The molecule has 2 aromatic carbocycles. The largest absolute Gasteiger partial charge is 0.494 e. The summed E-state index contributed by atoms with van der Waals surface area (Å²) in [5.41, 5.74) is 2.95. The van der Waals surface area contributed by atoms with Crippen molar-refractivity contribution in [2.75, 3.05) is 12.0 Å². The Labute approximate surface area is 193 Å². The van der Waals surface area contributed by atoms with Crippen LogP contribution in [0.5, 0.6) is 5.75 Å². The maximum absolute atomic E-state index is 13.3. The highest BCUT2D eigenvalue weighted by molar-refractivity contribution is 7.22. The summed E-state index contributed by atoms with van der Waals surface area (Å²) in [4.78, 5) is 34.4. The number of anilines is 1. The number of benzene rings is 2. The molecular formula is C24H20N4O4S. The lowest BCUT2D eigenvalue weighted by atomic mass is 10.2. The number of hydrogen-bond donors (Lipinski definition) is 0. The number of thiazole rings is 1. The number of non-ortho nitro benzene ring substituents is 1. The van der Waals surface area contributed by atoms with Gasteiger partial charge in [0.05, 0.1) is 29.0 Å². The third-order valence-corrected chi connectivity index (χ3v) is 6.17. The molecule has 0 N–H and O–H groups in total. The first-order valence-electron chi connectivity index (χ1n) is 10.0. The van der Waals surface area contributed by atoms with Crippen molar-refractivity contribution in [1.29, 1.82) is 0 Å². The second-order valence-electron chi connectivity index (χ2n) is 7.19. The molecule has 0 saturated carbocycles. The Morgan fingerprint density at radius 3 is 2.79 bits per heavy atom. The fourth-order valence-corrected chi connectivity index (χ4v) is 4.33. The van der Waals surface area contributed by atoms with Crippen molar-refractivity contribution in [1.82, 2.24) is 9.97 Å². The quantitative estimate of drug-likeness (QED) is 0.215. The molecule has 0 aliphatic rings. The molecule has 0 atom stereocenters. The number of hydrogen-bond acceptors (Lipinski definition) is 7. The smallest absolute Gasteiger partial charge is 0.270 e. The van der Waals surface area contributed by atoms with Gasteiger partial charge in [-0.2, -0.15) is 0 Å². The minimum Gasteiger partial charge on any atom is -0.494 e. The molecule has 166 valence electrons. The van der Waals surface area contributed by atoms with Gasteiger partial charge < -0.3 is 4.74 Å². The molecule has 4 rings (SSSR count). The summed E-state index contributed by atoms with van der Waals surface area (Å²) < 4.78 is 6.39.